The highest BCUT2D eigenvalue weighted by Gasteiger charge is 2.28. The van der Waals surface area contributed by atoms with Crippen molar-refractivity contribution in [2.24, 2.45) is 5.92 Å². The van der Waals surface area contributed by atoms with Crippen molar-refractivity contribution in [1.29, 1.82) is 0 Å². The van der Waals surface area contributed by atoms with Crippen molar-refractivity contribution < 1.29 is 0 Å². The normalized spacial score (nSPS) is 34.0. The van der Waals surface area contributed by atoms with Crippen LogP contribution in [0.2, 0.25) is 0 Å². The van der Waals surface area contributed by atoms with Crippen LogP contribution in [0.25, 0.3) is 0 Å². The van der Waals surface area contributed by atoms with E-state index in [1.807, 2.05) is 0 Å². The second-order valence-corrected chi connectivity index (χ2v) is 8.51. The second kappa shape index (κ2) is 7.75. The highest BCUT2D eigenvalue weighted by molar-refractivity contribution is 8.68. The number of thiol groups is 1. The van der Waals surface area contributed by atoms with Gasteiger partial charge in [0.1, 0.15) is 0 Å². The molecule has 0 aromatic rings. The van der Waals surface area contributed by atoms with E-state index in [1.165, 1.54) is 84.1 Å². The van der Waals surface area contributed by atoms with Gasteiger partial charge in [-0.2, -0.15) is 0 Å². The zero-order chi connectivity index (χ0) is 13.8. The molecule has 0 radical (unpaired) electrons. The van der Waals surface area contributed by atoms with Crippen LogP contribution < -0.4 is 0 Å². The summed E-state index contributed by atoms with van der Waals surface area (Å²) >= 11 is 4.38. The van der Waals surface area contributed by atoms with E-state index in [0.717, 1.165) is 17.2 Å². The molecular weight excluding hydrogens is 284 g/mol. The number of hydrogen-bond donors (Lipinski definition) is 1. The van der Waals surface area contributed by atoms with Gasteiger partial charge in [-0.05, 0) is 44.6 Å². The van der Waals surface area contributed by atoms with Crippen molar-refractivity contribution in [1.82, 2.24) is 9.80 Å². The van der Waals surface area contributed by atoms with Crippen LogP contribution in [0.3, 0.4) is 0 Å². The van der Waals surface area contributed by atoms with Crippen molar-refractivity contribution in [3.8, 4) is 0 Å². The van der Waals surface area contributed by atoms with Crippen LogP contribution in [0.5, 0.6) is 0 Å². The fourth-order valence-corrected chi connectivity index (χ4v) is 5.13. The van der Waals surface area contributed by atoms with E-state index < -0.39 is 0 Å². The van der Waals surface area contributed by atoms with Crippen LogP contribution in [0, 0.1) is 5.92 Å². The average molecular weight is 315 g/mol. The summed E-state index contributed by atoms with van der Waals surface area (Å²) in [7, 11) is 1.78. The van der Waals surface area contributed by atoms with Gasteiger partial charge in [0.2, 0.25) is 0 Å². The highest BCUT2D eigenvalue weighted by atomic mass is 33.1. The van der Waals surface area contributed by atoms with E-state index in [1.54, 1.807) is 10.8 Å². The average Bonchev–Trinajstić information content (AvgIpc) is 2.46. The maximum atomic E-state index is 4.38. The molecule has 116 valence electrons. The molecule has 0 N–H and O–H groups in total. The molecule has 3 aliphatic rings. The Morgan fingerprint density at radius 3 is 2.15 bits per heavy atom. The van der Waals surface area contributed by atoms with Crippen LogP contribution in [-0.4, -0.2) is 53.8 Å². The smallest absolute Gasteiger partial charge is 0.0150 e. The Labute approximate surface area is 133 Å². The lowest BCUT2D eigenvalue weighted by molar-refractivity contribution is 0.0742. The Morgan fingerprint density at radius 2 is 1.60 bits per heavy atom. The Morgan fingerprint density at radius 1 is 0.900 bits per heavy atom. The van der Waals surface area contributed by atoms with Gasteiger partial charge in [0.05, 0.1) is 0 Å². The summed E-state index contributed by atoms with van der Waals surface area (Å²) in [6.07, 6.45) is 11.5. The number of hydrogen-bond acceptors (Lipinski definition) is 4. The van der Waals surface area contributed by atoms with E-state index in [9.17, 15) is 0 Å². The first-order valence-corrected chi connectivity index (χ1v) is 10.5. The van der Waals surface area contributed by atoms with Gasteiger partial charge in [0.25, 0.3) is 0 Å². The van der Waals surface area contributed by atoms with E-state index in [4.69, 9.17) is 0 Å². The van der Waals surface area contributed by atoms with Crippen LogP contribution >= 0.6 is 22.5 Å². The Hall–Kier alpha value is 0.620. The third kappa shape index (κ3) is 4.08. The van der Waals surface area contributed by atoms with Gasteiger partial charge >= 0.3 is 0 Å². The number of rotatable bonds is 5. The molecule has 0 atom stereocenters. The Bertz CT molecular complexity index is 280. The van der Waals surface area contributed by atoms with Crippen molar-refractivity contribution in [3.63, 3.8) is 0 Å². The molecule has 0 unspecified atom stereocenters. The molecule has 3 fully saturated rings. The molecule has 1 saturated heterocycles. The highest BCUT2D eigenvalue weighted by Crippen LogP contribution is 2.33. The Balaban J connectivity index is 1.33. The molecule has 0 spiro atoms. The van der Waals surface area contributed by atoms with Crippen molar-refractivity contribution >= 4 is 22.5 Å². The molecule has 0 aromatic heterocycles. The predicted molar refractivity (Wildman–Crippen MR) is 92.6 cm³/mol. The molecule has 0 bridgehead atoms. The molecule has 1 aliphatic heterocycles. The van der Waals surface area contributed by atoms with Crippen LogP contribution in [0.15, 0.2) is 0 Å². The molecule has 3 rings (SSSR count). The molecule has 0 aromatic carbocycles. The Kier molecular flexibility index (Phi) is 6.01. The SMILES string of the molecule is SS[C@H]1CC[C@H](N2CCN(CCC3CCC3)CC2)CC1. The lowest BCUT2D eigenvalue weighted by atomic mass is 9.83. The lowest BCUT2D eigenvalue weighted by Gasteiger charge is -2.42. The van der Waals surface area contributed by atoms with Gasteiger partial charge in [-0.15, -0.1) is 11.7 Å². The van der Waals surface area contributed by atoms with Gasteiger partial charge in [-0.1, -0.05) is 30.1 Å². The first-order chi connectivity index (χ1) is 9.85. The van der Waals surface area contributed by atoms with Gasteiger partial charge in [0.15, 0.2) is 0 Å². The van der Waals surface area contributed by atoms with Gasteiger partial charge in [-0.25, -0.2) is 0 Å². The van der Waals surface area contributed by atoms with Crippen LogP contribution in [0.4, 0.5) is 0 Å². The minimum atomic E-state index is 0.818. The molecule has 2 saturated carbocycles. The van der Waals surface area contributed by atoms with Gasteiger partial charge in [-0.3, -0.25) is 4.90 Å². The largest absolute Gasteiger partial charge is 0.301 e. The predicted octanol–water partition coefficient (Wildman–Crippen LogP) is 3.68. The van der Waals surface area contributed by atoms with E-state index >= 15 is 0 Å². The third-order valence-electron chi connectivity index (χ3n) is 5.79. The summed E-state index contributed by atoms with van der Waals surface area (Å²) < 4.78 is 0. The third-order valence-corrected chi connectivity index (χ3v) is 7.46. The zero-order valence-corrected chi connectivity index (χ0v) is 14.4. The molecule has 1 heterocycles. The summed E-state index contributed by atoms with van der Waals surface area (Å²) in [4.78, 5) is 5.49. The lowest BCUT2D eigenvalue weighted by Crippen LogP contribution is -2.51. The summed E-state index contributed by atoms with van der Waals surface area (Å²) in [5.74, 6) is 1.07. The van der Waals surface area contributed by atoms with E-state index in [0.29, 0.717) is 0 Å². The second-order valence-electron chi connectivity index (χ2n) is 7.00. The van der Waals surface area contributed by atoms with Crippen molar-refractivity contribution in [2.45, 2.75) is 62.7 Å². The molecule has 2 nitrogen and oxygen atoms in total. The summed E-state index contributed by atoms with van der Waals surface area (Å²) in [6, 6.07) is 0.875. The molecule has 4 heteroatoms. The summed E-state index contributed by atoms with van der Waals surface area (Å²) in [5.41, 5.74) is 0. The first kappa shape index (κ1) is 15.5. The molecular formula is C16H30N2S2. The van der Waals surface area contributed by atoms with E-state index in [-0.39, 0.29) is 0 Å². The fraction of sp³-hybridized carbons (Fsp3) is 1.00. The number of piperazine rings is 1. The quantitative estimate of drug-likeness (QED) is 0.611. The maximum absolute atomic E-state index is 4.38. The topological polar surface area (TPSA) is 6.48 Å². The standard InChI is InChI=1S/C16H30N2S2/c19-20-16-6-4-15(5-7-16)18-12-10-17(11-13-18)9-8-14-2-1-3-14/h14-16,19H,1-13H2/t15-,16-. The van der Waals surface area contributed by atoms with E-state index in [2.05, 4.69) is 21.5 Å². The first-order valence-electron chi connectivity index (χ1n) is 8.62. The molecule has 20 heavy (non-hydrogen) atoms. The zero-order valence-electron chi connectivity index (χ0n) is 12.7. The molecule has 0 amide bonds. The minimum Gasteiger partial charge on any atom is -0.301 e. The summed E-state index contributed by atoms with van der Waals surface area (Å²) in [5, 5.41) is 0.818. The summed E-state index contributed by atoms with van der Waals surface area (Å²) in [6.45, 7) is 6.62. The monoisotopic (exact) mass is 314 g/mol. The number of nitrogens with zero attached hydrogens (tertiary/aromatic N) is 2. The maximum Gasteiger partial charge on any atom is 0.0150 e. The van der Waals surface area contributed by atoms with Crippen LogP contribution in [0.1, 0.15) is 51.4 Å². The fourth-order valence-electron chi connectivity index (χ4n) is 4.01. The minimum absolute atomic E-state index is 0.818. The van der Waals surface area contributed by atoms with Crippen LogP contribution in [-0.2, 0) is 0 Å². The van der Waals surface area contributed by atoms with Crippen molar-refractivity contribution in [2.75, 3.05) is 32.7 Å². The van der Waals surface area contributed by atoms with Gasteiger partial charge in [0, 0.05) is 37.5 Å². The van der Waals surface area contributed by atoms with Crippen molar-refractivity contribution in [3.05, 3.63) is 0 Å². The van der Waals surface area contributed by atoms with Gasteiger partial charge < -0.3 is 4.90 Å². The molecule has 2 aliphatic carbocycles.